The van der Waals surface area contributed by atoms with Gasteiger partial charge in [-0.05, 0) is 24.6 Å². The molecule has 0 aliphatic heterocycles. The summed E-state index contributed by atoms with van der Waals surface area (Å²) in [6, 6.07) is 5.25. The Morgan fingerprint density at radius 3 is 2.68 bits per heavy atom. The van der Waals surface area contributed by atoms with Crippen LogP contribution in [0.2, 0.25) is 0 Å². The molecule has 1 aromatic carbocycles. The molecule has 0 bridgehead atoms. The molecule has 19 heavy (non-hydrogen) atoms. The number of hydrogen-bond donors (Lipinski definition) is 1. The zero-order valence-corrected chi connectivity index (χ0v) is 12.4. The average Bonchev–Trinajstić information content (AvgIpc) is 2.35. The maximum atomic E-state index is 14.2. The molecule has 0 atom stereocenters. The van der Waals surface area contributed by atoms with Crippen LogP contribution in [0.4, 0.5) is 10.1 Å². The highest BCUT2D eigenvalue weighted by molar-refractivity contribution is 5.55. The standard InChI is InChI=1S/C15H25FN2O/c1-12(2)11-18(8-9-19-4)15-13(10-17-3)6-5-7-14(15)16/h5-7,12,17H,8-11H2,1-4H3. The van der Waals surface area contributed by atoms with Crippen molar-refractivity contribution in [2.75, 3.05) is 38.8 Å². The number of methoxy groups -OCH3 is 1. The van der Waals surface area contributed by atoms with Crippen molar-refractivity contribution in [2.24, 2.45) is 5.92 Å². The van der Waals surface area contributed by atoms with Crippen LogP contribution < -0.4 is 10.2 Å². The Morgan fingerprint density at radius 2 is 2.11 bits per heavy atom. The molecule has 0 heterocycles. The van der Waals surface area contributed by atoms with E-state index in [1.807, 2.05) is 13.1 Å². The zero-order chi connectivity index (χ0) is 14.3. The van der Waals surface area contributed by atoms with E-state index in [0.717, 1.165) is 12.1 Å². The van der Waals surface area contributed by atoms with Crippen LogP contribution in [0.3, 0.4) is 0 Å². The number of rotatable bonds is 8. The molecular weight excluding hydrogens is 243 g/mol. The monoisotopic (exact) mass is 268 g/mol. The SMILES string of the molecule is CNCc1cccc(F)c1N(CCOC)CC(C)C. The molecule has 1 N–H and O–H groups in total. The molecule has 4 heteroatoms. The van der Waals surface area contributed by atoms with Gasteiger partial charge in [0, 0.05) is 26.7 Å². The molecule has 3 nitrogen and oxygen atoms in total. The second kappa shape index (κ2) is 8.12. The minimum atomic E-state index is -0.162. The van der Waals surface area contributed by atoms with Gasteiger partial charge in [0.2, 0.25) is 0 Å². The highest BCUT2D eigenvalue weighted by Gasteiger charge is 2.16. The number of nitrogens with one attached hydrogen (secondary N) is 1. The number of anilines is 1. The molecule has 0 aliphatic rings. The fraction of sp³-hybridized carbons (Fsp3) is 0.600. The van der Waals surface area contributed by atoms with E-state index in [1.54, 1.807) is 13.2 Å². The van der Waals surface area contributed by atoms with Crippen LogP contribution in [0.5, 0.6) is 0 Å². The Labute approximate surface area is 115 Å². The van der Waals surface area contributed by atoms with Gasteiger partial charge in [-0.2, -0.15) is 0 Å². The van der Waals surface area contributed by atoms with Crippen molar-refractivity contribution in [3.05, 3.63) is 29.6 Å². The highest BCUT2D eigenvalue weighted by Crippen LogP contribution is 2.25. The molecule has 108 valence electrons. The molecule has 1 aromatic rings. The predicted octanol–water partition coefficient (Wildman–Crippen LogP) is 2.65. The number of ether oxygens (including phenoxy) is 1. The summed E-state index contributed by atoms with van der Waals surface area (Å²) in [6.07, 6.45) is 0. The summed E-state index contributed by atoms with van der Waals surface area (Å²) in [5.41, 5.74) is 1.68. The summed E-state index contributed by atoms with van der Waals surface area (Å²) in [7, 11) is 3.54. The van der Waals surface area contributed by atoms with E-state index >= 15 is 0 Å². The van der Waals surface area contributed by atoms with Gasteiger partial charge >= 0.3 is 0 Å². The molecular formula is C15H25FN2O. The third kappa shape index (κ3) is 4.80. The molecule has 0 saturated heterocycles. The van der Waals surface area contributed by atoms with E-state index in [2.05, 4.69) is 24.1 Å². The van der Waals surface area contributed by atoms with Crippen LogP contribution in [0.15, 0.2) is 18.2 Å². The van der Waals surface area contributed by atoms with Crippen molar-refractivity contribution >= 4 is 5.69 Å². The molecule has 0 aliphatic carbocycles. The molecule has 0 aromatic heterocycles. The zero-order valence-electron chi connectivity index (χ0n) is 12.4. The van der Waals surface area contributed by atoms with E-state index < -0.39 is 0 Å². The number of halogens is 1. The lowest BCUT2D eigenvalue weighted by molar-refractivity contribution is 0.204. The first-order valence-electron chi connectivity index (χ1n) is 6.76. The Kier molecular flexibility index (Phi) is 6.81. The number of para-hydroxylation sites is 1. The number of hydrogen-bond acceptors (Lipinski definition) is 3. The Balaban J connectivity index is 3.04. The highest BCUT2D eigenvalue weighted by atomic mass is 19.1. The average molecular weight is 268 g/mol. The van der Waals surface area contributed by atoms with Crippen LogP contribution in [0.25, 0.3) is 0 Å². The first kappa shape index (κ1) is 15.9. The Bertz CT molecular complexity index is 382. The van der Waals surface area contributed by atoms with Gasteiger partial charge in [-0.1, -0.05) is 26.0 Å². The van der Waals surface area contributed by atoms with Gasteiger partial charge in [0.05, 0.1) is 12.3 Å². The molecule has 0 amide bonds. The maximum absolute atomic E-state index is 14.2. The summed E-state index contributed by atoms with van der Waals surface area (Å²) in [6.45, 7) is 7.05. The summed E-state index contributed by atoms with van der Waals surface area (Å²) in [5, 5.41) is 3.09. The number of benzene rings is 1. The quantitative estimate of drug-likeness (QED) is 0.784. The van der Waals surface area contributed by atoms with Crippen molar-refractivity contribution in [1.82, 2.24) is 5.32 Å². The molecule has 1 rings (SSSR count). The molecule has 0 saturated carbocycles. The van der Waals surface area contributed by atoms with Crippen molar-refractivity contribution in [3.8, 4) is 0 Å². The van der Waals surface area contributed by atoms with Gasteiger partial charge in [-0.3, -0.25) is 0 Å². The van der Waals surface area contributed by atoms with Gasteiger partial charge in [0.25, 0.3) is 0 Å². The largest absolute Gasteiger partial charge is 0.383 e. The van der Waals surface area contributed by atoms with E-state index in [9.17, 15) is 4.39 Å². The van der Waals surface area contributed by atoms with Gasteiger partial charge in [0.15, 0.2) is 0 Å². The molecule has 0 spiro atoms. The third-order valence-electron chi connectivity index (χ3n) is 2.90. The Morgan fingerprint density at radius 1 is 1.37 bits per heavy atom. The van der Waals surface area contributed by atoms with Crippen molar-refractivity contribution in [1.29, 1.82) is 0 Å². The topological polar surface area (TPSA) is 24.5 Å². The molecule has 0 unspecified atom stereocenters. The van der Waals surface area contributed by atoms with Gasteiger partial charge < -0.3 is 15.0 Å². The third-order valence-corrected chi connectivity index (χ3v) is 2.90. The van der Waals surface area contributed by atoms with Crippen LogP contribution in [-0.2, 0) is 11.3 Å². The van der Waals surface area contributed by atoms with Crippen molar-refractivity contribution in [3.63, 3.8) is 0 Å². The predicted molar refractivity (Wildman–Crippen MR) is 78.1 cm³/mol. The van der Waals surface area contributed by atoms with Gasteiger partial charge in [-0.15, -0.1) is 0 Å². The summed E-state index contributed by atoms with van der Waals surface area (Å²) in [5.74, 6) is 0.309. The van der Waals surface area contributed by atoms with Crippen molar-refractivity contribution < 1.29 is 9.13 Å². The van der Waals surface area contributed by atoms with Gasteiger partial charge in [-0.25, -0.2) is 4.39 Å². The smallest absolute Gasteiger partial charge is 0.146 e. The van der Waals surface area contributed by atoms with Crippen LogP contribution >= 0.6 is 0 Å². The second-order valence-electron chi connectivity index (χ2n) is 5.11. The van der Waals surface area contributed by atoms with Gasteiger partial charge in [0.1, 0.15) is 5.82 Å². The second-order valence-corrected chi connectivity index (χ2v) is 5.11. The molecule has 0 fully saturated rings. The van der Waals surface area contributed by atoms with Crippen molar-refractivity contribution in [2.45, 2.75) is 20.4 Å². The lowest BCUT2D eigenvalue weighted by Gasteiger charge is -2.29. The van der Waals surface area contributed by atoms with Crippen LogP contribution in [0.1, 0.15) is 19.4 Å². The van der Waals surface area contributed by atoms with E-state index in [1.165, 1.54) is 6.07 Å². The van der Waals surface area contributed by atoms with E-state index in [4.69, 9.17) is 4.74 Å². The molecule has 0 radical (unpaired) electrons. The normalized spacial score (nSPS) is 11.1. The maximum Gasteiger partial charge on any atom is 0.146 e. The lowest BCUT2D eigenvalue weighted by atomic mass is 10.1. The number of nitrogens with zero attached hydrogens (tertiary/aromatic N) is 1. The van der Waals surface area contributed by atoms with E-state index in [-0.39, 0.29) is 5.82 Å². The minimum absolute atomic E-state index is 0.162. The van der Waals surface area contributed by atoms with E-state index in [0.29, 0.717) is 31.3 Å². The first-order chi connectivity index (χ1) is 9.10. The van der Waals surface area contributed by atoms with Crippen LogP contribution in [0, 0.1) is 11.7 Å². The summed E-state index contributed by atoms with van der Waals surface area (Å²) < 4.78 is 19.3. The fourth-order valence-electron chi connectivity index (χ4n) is 2.18. The first-order valence-corrected chi connectivity index (χ1v) is 6.76. The summed E-state index contributed by atoms with van der Waals surface area (Å²) in [4.78, 5) is 2.08. The fourth-order valence-corrected chi connectivity index (χ4v) is 2.18. The lowest BCUT2D eigenvalue weighted by Crippen LogP contribution is -2.33. The minimum Gasteiger partial charge on any atom is -0.383 e. The summed E-state index contributed by atoms with van der Waals surface area (Å²) >= 11 is 0. The Hall–Kier alpha value is -1.13. The van der Waals surface area contributed by atoms with Crippen LogP contribution in [-0.4, -0.2) is 33.9 Å².